The van der Waals surface area contributed by atoms with Crippen LogP contribution in [0.3, 0.4) is 0 Å². The Morgan fingerprint density at radius 3 is 2.25 bits per heavy atom. The monoisotopic (exact) mass is 213 g/mol. The summed E-state index contributed by atoms with van der Waals surface area (Å²) in [7, 11) is 0. The van der Waals surface area contributed by atoms with Gasteiger partial charge in [-0.1, -0.05) is 30.3 Å². The van der Waals surface area contributed by atoms with Gasteiger partial charge in [0.2, 0.25) is 5.43 Å². The van der Waals surface area contributed by atoms with Crippen LogP contribution in [0.5, 0.6) is 11.5 Å². The minimum Gasteiger partial charge on any atom is -0.455 e. The van der Waals surface area contributed by atoms with Gasteiger partial charge in [0.05, 0.1) is 0 Å². The third-order valence-corrected chi connectivity index (χ3v) is 2.11. The molecule has 0 aliphatic rings. The fourth-order valence-electron chi connectivity index (χ4n) is 1.29. The van der Waals surface area contributed by atoms with E-state index in [1.165, 1.54) is 6.07 Å². The highest BCUT2D eigenvalue weighted by Crippen LogP contribution is 2.23. The maximum absolute atomic E-state index is 11.4. The van der Waals surface area contributed by atoms with E-state index in [2.05, 4.69) is 0 Å². The smallest absolute Gasteiger partial charge is 0.205 e. The van der Waals surface area contributed by atoms with Crippen LogP contribution in [0.1, 0.15) is 0 Å². The highest BCUT2D eigenvalue weighted by molar-refractivity contribution is 5.52. The molecular formula is C13H11NO2. The SMILES string of the molecule is Nc1c(Oc2ccccc2)ccccc1=O. The first-order valence-corrected chi connectivity index (χ1v) is 4.89. The summed E-state index contributed by atoms with van der Waals surface area (Å²) >= 11 is 0. The molecule has 0 aliphatic heterocycles. The topological polar surface area (TPSA) is 52.3 Å². The van der Waals surface area contributed by atoms with Crippen molar-refractivity contribution in [2.24, 2.45) is 0 Å². The van der Waals surface area contributed by atoms with E-state index in [4.69, 9.17) is 10.5 Å². The summed E-state index contributed by atoms with van der Waals surface area (Å²) in [5.41, 5.74) is 5.55. The highest BCUT2D eigenvalue weighted by atomic mass is 16.5. The minimum atomic E-state index is -0.240. The van der Waals surface area contributed by atoms with Crippen molar-refractivity contribution in [2.75, 3.05) is 5.73 Å². The number of para-hydroxylation sites is 1. The molecule has 0 amide bonds. The lowest BCUT2D eigenvalue weighted by Crippen LogP contribution is -2.04. The van der Waals surface area contributed by atoms with Crippen LogP contribution >= 0.6 is 0 Å². The first-order valence-electron chi connectivity index (χ1n) is 4.89. The van der Waals surface area contributed by atoms with Crippen molar-refractivity contribution in [1.82, 2.24) is 0 Å². The lowest BCUT2D eigenvalue weighted by atomic mass is 10.3. The summed E-state index contributed by atoms with van der Waals surface area (Å²) in [6.07, 6.45) is 0. The number of anilines is 1. The van der Waals surface area contributed by atoms with Gasteiger partial charge < -0.3 is 10.5 Å². The summed E-state index contributed by atoms with van der Waals surface area (Å²) < 4.78 is 5.52. The summed E-state index contributed by atoms with van der Waals surface area (Å²) in [5, 5.41) is 0. The Morgan fingerprint density at radius 1 is 0.875 bits per heavy atom. The number of nitrogens with two attached hydrogens (primary N) is 1. The van der Waals surface area contributed by atoms with Crippen LogP contribution in [-0.2, 0) is 0 Å². The molecule has 2 rings (SSSR count). The van der Waals surface area contributed by atoms with Crippen LogP contribution in [0.4, 0.5) is 5.69 Å². The molecule has 0 aromatic heterocycles. The molecule has 0 unspecified atom stereocenters. The number of benzene rings is 1. The van der Waals surface area contributed by atoms with Gasteiger partial charge in [0.25, 0.3) is 0 Å². The maximum atomic E-state index is 11.4. The van der Waals surface area contributed by atoms with E-state index in [9.17, 15) is 4.79 Å². The average Bonchev–Trinajstić information content (AvgIpc) is 2.46. The van der Waals surface area contributed by atoms with Gasteiger partial charge in [0.15, 0.2) is 5.75 Å². The first kappa shape index (κ1) is 10.2. The Balaban J connectivity index is 2.40. The molecule has 3 heteroatoms. The van der Waals surface area contributed by atoms with Crippen LogP contribution in [-0.4, -0.2) is 0 Å². The Hall–Kier alpha value is -2.29. The number of hydrogen-bond acceptors (Lipinski definition) is 3. The fraction of sp³-hybridized carbons (Fsp3) is 0. The molecule has 0 saturated carbocycles. The Kier molecular flexibility index (Phi) is 2.87. The molecule has 2 aromatic rings. The second-order valence-electron chi connectivity index (χ2n) is 3.28. The molecule has 3 nitrogen and oxygen atoms in total. The van der Waals surface area contributed by atoms with Crippen LogP contribution in [0, 0.1) is 0 Å². The number of rotatable bonds is 2. The van der Waals surface area contributed by atoms with Gasteiger partial charge in [0, 0.05) is 0 Å². The van der Waals surface area contributed by atoms with Crippen LogP contribution in [0.15, 0.2) is 59.4 Å². The molecule has 2 aromatic carbocycles. The van der Waals surface area contributed by atoms with E-state index in [-0.39, 0.29) is 11.1 Å². The summed E-state index contributed by atoms with van der Waals surface area (Å²) in [6, 6.07) is 15.6. The number of hydrogen-bond donors (Lipinski definition) is 1. The number of ether oxygens (including phenoxy) is 1. The van der Waals surface area contributed by atoms with E-state index < -0.39 is 0 Å². The molecular weight excluding hydrogens is 202 g/mol. The van der Waals surface area contributed by atoms with E-state index >= 15 is 0 Å². The van der Waals surface area contributed by atoms with E-state index in [1.54, 1.807) is 30.3 Å². The third-order valence-electron chi connectivity index (χ3n) is 2.11. The minimum absolute atomic E-state index is 0.119. The molecule has 0 aliphatic carbocycles. The van der Waals surface area contributed by atoms with Crippen molar-refractivity contribution < 1.29 is 4.74 Å². The Bertz CT molecular complexity index is 538. The standard InChI is InChI=1S/C13H11NO2/c14-13-11(15)8-4-5-9-12(13)16-10-6-2-1-3-7-10/h1-9H,(H2,14,15). The predicted molar refractivity (Wildman–Crippen MR) is 63.6 cm³/mol. The van der Waals surface area contributed by atoms with Gasteiger partial charge in [-0.25, -0.2) is 0 Å². The lowest BCUT2D eigenvalue weighted by molar-refractivity contribution is 0.485. The van der Waals surface area contributed by atoms with Gasteiger partial charge in [-0.2, -0.15) is 0 Å². The van der Waals surface area contributed by atoms with Crippen LogP contribution in [0.2, 0.25) is 0 Å². The lowest BCUT2D eigenvalue weighted by Gasteiger charge is -2.04. The van der Waals surface area contributed by atoms with Crippen LogP contribution < -0.4 is 15.9 Å². The second-order valence-corrected chi connectivity index (χ2v) is 3.28. The molecule has 80 valence electrons. The molecule has 2 N–H and O–H groups in total. The highest BCUT2D eigenvalue weighted by Gasteiger charge is 2.02. The third kappa shape index (κ3) is 2.20. The fourth-order valence-corrected chi connectivity index (χ4v) is 1.29. The largest absolute Gasteiger partial charge is 0.455 e. The van der Waals surface area contributed by atoms with Gasteiger partial charge in [0.1, 0.15) is 11.4 Å². The zero-order chi connectivity index (χ0) is 11.4. The molecule has 0 radical (unpaired) electrons. The van der Waals surface area contributed by atoms with Crippen molar-refractivity contribution in [1.29, 1.82) is 0 Å². The van der Waals surface area contributed by atoms with E-state index in [0.717, 1.165) is 0 Å². The number of nitrogen functional groups attached to an aromatic ring is 1. The van der Waals surface area contributed by atoms with Crippen molar-refractivity contribution in [3.05, 3.63) is 64.8 Å². The van der Waals surface area contributed by atoms with Crippen LogP contribution in [0.25, 0.3) is 0 Å². The van der Waals surface area contributed by atoms with E-state index in [0.29, 0.717) is 11.5 Å². The van der Waals surface area contributed by atoms with Crippen molar-refractivity contribution >= 4 is 5.69 Å². The second kappa shape index (κ2) is 4.49. The maximum Gasteiger partial charge on any atom is 0.205 e. The molecule has 0 heterocycles. The van der Waals surface area contributed by atoms with Crippen molar-refractivity contribution in [3.63, 3.8) is 0 Å². The van der Waals surface area contributed by atoms with Gasteiger partial charge in [-0.3, -0.25) is 4.79 Å². The average molecular weight is 213 g/mol. The summed E-state index contributed by atoms with van der Waals surface area (Å²) in [4.78, 5) is 11.4. The van der Waals surface area contributed by atoms with Gasteiger partial charge >= 0.3 is 0 Å². The molecule has 0 bridgehead atoms. The predicted octanol–water partition coefficient (Wildman–Crippen LogP) is 2.42. The van der Waals surface area contributed by atoms with Gasteiger partial charge in [-0.05, 0) is 24.3 Å². The quantitative estimate of drug-likeness (QED) is 0.833. The summed E-state index contributed by atoms with van der Waals surface area (Å²) in [5.74, 6) is 1.03. The first-order chi connectivity index (χ1) is 7.77. The normalized spacial score (nSPS) is 9.75. The zero-order valence-corrected chi connectivity index (χ0v) is 8.59. The summed E-state index contributed by atoms with van der Waals surface area (Å²) in [6.45, 7) is 0. The Morgan fingerprint density at radius 2 is 1.50 bits per heavy atom. The van der Waals surface area contributed by atoms with Gasteiger partial charge in [-0.15, -0.1) is 0 Å². The zero-order valence-electron chi connectivity index (χ0n) is 8.59. The molecule has 16 heavy (non-hydrogen) atoms. The molecule has 0 atom stereocenters. The molecule has 0 spiro atoms. The molecule has 0 fully saturated rings. The van der Waals surface area contributed by atoms with Crippen molar-refractivity contribution in [2.45, 2.75) is 0 Å². The van der Waals surface area contributed by atoms with Crippen molar-refractivity contribution in [3.8, 4) is 11.5 Å². The van der Waals surface area contributed by atoms with E-state index in [1.807, 2.05) is 18.2 Å². The molecule has 0 saturated heterocycles. The Labute approximate surface area is 93.1 Å².